The van der Waals surface area contributed by atoms with Crippen molar-refractivity contribution in [3.05, 3.63) is 54.5 Å². The lowest BCUT2D eigenvalue weighted by molar-refractivity contribution is -0.141. The average molecular weight is 478 g/mol. The topological polar surface area (TPSA) is 118 Å². The average Bonchev–Trinajstić information content (AvgIpc) is 3.53. The standard InChI is InChI=1S/C23H31N3O6S/c1-2-8-21(23(28)24-15-18-9-6-13-31-18)26(17-19-10-7-14-32-19)22(27)16-25-33(29,30)20-11-4-3-5-12-20/h3-5,7,10-12,14,18,21,25H,2,6,8-9,13,15-17H2,1H3,(H,24,28)/t18-,21+/m1/s1. The lowest BCUT2D eigenvalue weighted by atomic mass is 10.1. The van der Waals surface area contributed by atoms with Crippen molar-refractivity contribution in [1.29, 1.82) is 0 Å². The first-order chi connectivity index (χ1) is 15.9. The highest BCUT2D eigenvalue weighted by Gasteiger charge is 2.31. The minimum Gasteiger partial charge on any atom is -0.467 e. The summed E-state index contributed by atoms with van der Waals surface area (Å²) in [5.74, 6) is -0.308. The van der Waals surface area contributed by atoms with Crippen molar-refractivity contribution in [2.24, 2.45) is 0 Å². The van der Waals surface area contributed by atoms with Gasteiger partial charge in [0.05, 0.1) is 30.4 Å². The number of ether oxygens (including phenoxy) is 1. The molecule has 2 N–H and O–H groups in total. The van der Waals surface area contributed by atoms with Gasteiger partial charge in [-0.15, -0.1) is 0 Å². The smallest absolute Gasteiger partial charge is 0.242 e. The first kappa shape index (κ1) is 24.9. The van der Waals surface area contributed by atoms with E-state index < -0.39 is 28.5 Å². The van der Waals surface area contributed by atoms with E-state index in [4.69, 9.17) is 9.15 Å². The van der Waals surface area contributed by atoms with E-state index in [9.17, 15) is 18.0 Å². The Labute approximate surface area is 194 Å². The van der Waals surface area contributed by atoms with Gasteiger partial charge in [-0.05, 0) is 43.5 Å². The number of hydrogen-bond acceptors (Lipinski definition) is 6. The molecule has 0 radical (unpaired) electrons. The van der Waals surface area contributed by atoms with Gasteiger partial charge >= 0.3 is 0 Å². The molecule has 1 fully saturated rings. The molecule has 1 aliphatic heterocycles. The van der Waals surface area contributed by atoms with Gasteiger partial charge in [-0.25, -0.2) is 13.1 Å². The summed E-state index contributed by atoms with van der Waals surface area (Å²) < 4.78 is 38.4. The number of amides is 2. The highest BCUT2D eigenvalue weighted by molar-refractivity contribution is 7.89. The molecule has 2 heterocycles. The number of hydrogen-bond donors (Lipinski definition) is 2. The molecule has 1 saturated heterocycles. The molecular weight excluding hydrogens is 446 g/mol. The largest absolute Gasteiger partial charge is 0.467 e. The van der Waals surface area contributed by atoms with Crippen LogP contribution in [0.5, 0.6) is 0 Å². The third-order valence-corrected chi connectivity index (χ3v) is 6.88. The molecule has 2 amide bonds. The fourth-order valence-electron chi connectivity index (χ4n) is 3.72. The zero-order chi connectivity index (χ0) is 23.7. The van der Waals surface area contributed by atoms with Gasteiger partial charge in [-0.1, -0.05) is 31.5 Å². The summed E-state index contributed by atoms with van der Waals surface area (Å²) in [7, 11) is -3.87. The summed E-state index contributed by atoms with van der Waals surface area (Å²) in [6.45, 7) is 2.56. The van der Waals surface area contributed by atoms with Crippen LogP contribution in [0.2, 0.25) is 0 Å². The van der Waals surface area contributed by atoms with Crippen molar-refractivity contribution in [2.45, 2.75) is 56.2 Å². The molecule has 33 heavy (non-hydrogen) atoms. The lowest BCUT2D eigenvalue weighted by Crippen LogP contribution is -2.52. The molecule has 180 valence electrons. The van der Waals surface area contributed by atoms with Crippen LogP contribution in [-0.2, 0) is 30.9 Å². The van der Waals surface area contributed by atoms with Gasteiger partial charge < -0.3 is 19.4 Å². The molecular formula is C23H31N3O6S. The Morgan fingerprint density at radius 1 is 1.18 bits per heavy atom. The molecule has 9 nitrogen and oxygen atoms in total. The SMILES string of the molecule is CCC[C@@H](C(=O)NC[C@H]1CCCO1)N(Cc1ccco1)C(=O)CNS(=O)(=O)c1ccccc1. The molecule has 1 aromatic carbocycles. The Kier molecular flexibility index (Phi) is 9.04. The zero-order valence-corrected chi connectivity index (χ0v) is 19.6. The van der Waals surface area contributed by atoms with E-state index in [1.54, 1.807) is 30.3 Å². The predicted octanol–water partition coefficient (Wildman–Crippen LogP) is 2.05. The summed E-state index contributed by atoms with van der Waals surface area (Å²) in [6, 6.07) is 10.5. The molecule has 2 atom stereocenters. The van der Waals surface area contributed by atoms with Gasteiger partial charge in [-0.2, -0.15) is 0 Å². The molecule has 0 bridgehead atoms. The summed E-state index contributed by atoms with van der Waals surface area (Å²) in [5.41, 5.74) is 0. The number of furan rings is 1. The van der Waals surface area contributed by atoms with Crippen molar-refractivity contribution in [3.63, 3.8) is 0 Å². The van der Waals surface area contributed by atoms with Crippen LogP contribution >= 0.6 is 0 Å². The second kappa shape index (κ2) is 12.0. The second-order valence-electron chi connectivity index (χ2n) is 7.92. The summed E-state index contributed by atoms with van der Waals surface area (Å²) >= 11 is 0. The number of rotatable bonds is 12. The van der Waals surface area contributed by atoms with Crippen LogP contribution in [-0.4, -0.2) is 57.0 Å². The third-order valence-electron chi connectivity index (χ3n) is 5.46. The maximum absolute atomic E-state index is 13.2. The lowest BCUT2D eigenvalue weighted by Gasteiger charge is -2.30. The number of nitrogens with zero attached hydrogens (tertiary/aromatic N) is 1. The number of sulfonamides is 1. The Hall–Kier alpha value is -2.69. The molecule has 10 heteroatoms. The van der Waals surface area contributed by atoms with Crippen LogP contribution in [0.4, 0.5) is 0 Å². The Morgan fingerprint density at radius 3 is 2.61 bits per heavy atom. The number of benzene rings is 1. The monoisotopic (exact) mass is 477 g/mol. The molecule has 1 aliphatic rings. The van der Waals surface area contributed by atoms with Gasteiger partial charge in [0.1, 0.15) is 11.8 Å². The summed E-state index contributed by atoms with van der Waals surface area (Å²) in [4.78, 5) is 27.7. The van der Waals surface area contributed by atoms with Crippen molar-refractivity contribution >= 4 is 21.8 Å². The fourth-order valence-corrected chi connectivity index (χ4v) is 4.72. The minimum absolute atomic E-state index is 0.0249. The Bertz CT molecular complexity index is 988. The highest BCUT2D eigenvalue weighted by Crippen LogP contribution is 2.16. The van der Waals surface area contributed by atoms with Crippen LogP contribution in [0.25, 0.3) is 0 Å². The normalized spacial score (nSPS) is 16.9. The van der Waals surface area contributed by atoms with Gasteiger partial charge in [0.15, 0.2) is 0 Å². The van der Waals surface area contributed by atoms with E-state index in [0.717, 1.165) is 12.8 Å². The van der Waals surface area contributed by atoms with E-state index in [2.05, 4.69) is 10.0 Å². The van der Waals surface area contributed by atoms with E-state index in [-0.39, 0.29) is 23.5 Å². The molecule has 1 aromatic heterocycles. The van der Waals surface area contributed by atoms with Crippen molar-refractivity contribution in [1.82, 2.24) is 14.9 Å². The van der Waals surface area contributed by atoms with E-state index >= 15 is 0 Å². The van der Waals surface area contributed by atoms with Gasteiger partial charge in [0.25, 0.3) is 0 Å². The van der Waals surface area contributed by atoms with Crippen molar-refractivity contribution in [2.75, 3.05) is 19.7 Å². The van der Waals surface area contributed by atoms with Gasteiger partial charge in [0.2, 0.25) is 21.8 Å². The fraction of sp³-hybridized carbons (Fsp3) is 0.478. The molecule has 0 aliphatic carbocycles. The minimum atomic E-state index is -3.87. The van der Waals surface area contributed by atoms with E-state index in [1.807, 2.05) is 6.92 Å². The predicted molar refractivity (Wildman–Crippen MR) is 122 cm³/mol. The third kappa shape index (κ3) is 7.15. The molecule has 0 spiro atoms. The zero-order valence-electron chi connectivity index (χ0n) is 18.7. The first-order valence-corrected chi connectivity index (χ1v) is 12.6. The maximum Gasteiger partial charge on any atom is 0.242 e. The number of nitrogens with one attached hydrogen (secondary N) is 2. The quantitative estimate of drug-likeness (QED) is 0.483. The van der Waals surface area contributed by atoms with Crippen LogP contribution in [0.15, 0.2) is 58.0 Å². The Balaban J connectivity index is 1.73. The van der Waals surface area contributed by atoms with Crippen LogP contribution in [0.3, 0.4) is 0 Å². The molecule has 2 aromatic rings. The summed E-state index contributed by atoms with van der Waals surface area (Å²) in [6.07, 6.45) is 4.40. The Morgan fingerprint density at radius 2 is 1.97 bits per heavy atom. The highest BCUT2D eigenvalue weighted by atomic mass is 32.2. The molecule has 0 unspecified atom stereocenters. The maximum atomic E-state index is 13.2. The van der Waals surface area contributed by atoms with E-state index in [0.29, 0.717) is 31.8 Å². The van der Waals surface area contributed by atoms with Crippen LogP contribution < -0.4 is 10.0 Å². The van der Waals surface area contributed by atoms with Crippen LogP contribution in [0, 0.1) is 0 Å². The van der Waals surface area contributed by atoms with E-state index in [1.165, 1.54) is 23.3 Å². The van der Waals surface area contributed by atoms with Gasteiger partial charge in [-0.3, -0.25) is 9.59 Å². The number of carbonyl (C=O) groups excluding carboxylic acids is 2. The van der Waals surface area contributed by atoms with Crippen LogP contribution in [0.1, 0.15) is 38.4 Å². The molecule has 3 rings (SSSR count). The van der Waals surface area contributed by atoms with Crippen molar-refractivity contribution < 1.29 is 27.2 Å². The second-order valence-corrected chi connectivity index (χ2v) is 9.69. The van der Waals surface area contributed by atoms with Gasteiger partial charge in [0, 0.05) is 13.2 Å². The summed E-state index contributed by atoms with van der Waals surface area (Å²) in [5, 5.41) is 2.90. The number of carbonyl (C=O) groups is 2. The van der Waals surface area contributed by atoms with Crippen molar-refractivity contribution in [3.8, 4) is 0 Å². The first-order valence-electron chi connectivity index (χ1n) is 11.2. The molecule has 0 saturated carbocycles.